The van der Waals surface area contributed by atoms with Gasteiger partial charge in [0.1, 0.15) is 18.1 Å². The van der Waals surface area contributed by atoms with Crippen LogP contribution >= 0.6 is 0 Å². The molecule has 0 saturated carbocycles. The fourth-order valence-electron chi connectivity index (χ4n) is 5.27. The largest absolute Gasteiger partial charge is 0.459 e. The maximum atomic E-state index is 13.1. The molecule has 0 spiro atoms. The molecule has 11 nitrogen and oxygen atoms in total. The van der Waals surface area contributed by atoms with Crippen molar-refractivity contribution in [2.75, 3.05) is 0 Å². The number of aliphatic hydroxyl groups is 9. The molecule has 0 bridgehead atoms. The van der Waals surface area contributed by atoms with Crippen molar-refractivity contribution in [3.63, 3.8) is 0 Å². The number of hydrogen-bond donors (Lipinski definition) is 9. The lowest BCUT2D eigenvalue weighted by atomic mass is 9.87. The van der Waals surface area contributed by atoms with Gasteiger partial charge < -0.3 is 50.7 Å². The Morgan fingerprint density at radius 3 is 1.74 bits per heavy atom. The molecule has 0 amide bonds. The van der Waals surface area contributed by atoms with Crippen LogP contribution in [0.1, 0.15) is 85.0 Å². The van der Waals surface area contributed by atoms with E-state index in [1.54, 1.807) is 55.5 Å². The van der Waals surface area contributed by atoms with Crippen LogP contribution in [0.3, 0.4) is 0 Å². The highest BCUT2D eigenvalue weighted by atomic mass is 16.6. The van der Waals surface area contributed by atoms with Crippen molar-refractivity contribution in [1.29, 1.82) is 0 Å². The monoisotopic (exact) mass is 654 g/mol. The number of carbonyl (C=O) groups excluding carboxylic acids is 1. The Balaban J connectivity index is 3.14. The van der Waals surface area contributed by atoms with Crippen LogP contribution in [-0.4, -0.2) is 113 Å². The average molecular weight is 655 g/mol. The lowest BCUT2D eigenvalue weighted by Gasteiger charge is -2.29. The summed E-state index contributed by atoms with van der Waals surface area (Å²) in [7, 11) is 0. The number of carbonyl (C=O) groups is 1. The van der Waals surface area contributed by atoms with E-state index < -0.39 is 72.9 Å². The molecule has 264 valence electrons. The number of unbranched alkanes of at least 4 members (excludes halogenated alkanes) is 2. The maximum absolute atomic E-state index is 13.1. The molecule has 1 aliphatic heterocycles. The van der Waals surface area contributed by atoms with E-state index in [9.17, 15) is 50.8 Å². The first-order valence-corrected chi connectivity index (χ1v) is 16.4. The van der Waals surface area contributed by atoms with Gasteiger partial charge in [-0.05, 0) is 51.5 Å². The Morgan fingerprint density at radius 1 is 0.717 bits per heavy atom. The zero-order valence-corrected chi connectivity index (χ0v) is 27.5. The summed E-state index contributed by atoms with van der Waals surface area (Å²) in [5.41, 5.74) is 0.609. The predicted octanol–water partition coefficient (Wildman–Crippen LogP) is 1.89. The van der Waals surface area contributed by atoms with Crippen molar-refractivity contribution in [3.05, 3.63) is 60.3 Å². The maximum Gasteiger partial charge on any atom is 0.314 e. The molecule has 0 aromatic rings. The van der Waals surface area contributed by atoms with Gasteiger partial charge in [0.05, 0.1) is 48.8 Å². The van der Waals surface area contributed by atoms with Crippen molar-refractivity contribution in [3.8, 4) is 0 Å². The second kappa shape index (κ2) is 23.2. The number of cyclic esters (lactones) is 1. The Morgan fingerprint density at radius 2 is 1.20 bits per heavy atom. The zero-order chi connectivity index (χ0) is 34.6. The Kier molecular flexibility index (Phi) is 21.1. The molecule has 0 aliphatic carbocycles. The van der Waals surface area contributed by atoms with Gasteiger partial charge >= 0.3 is 5.97 Å². The topological polar surface area (TPSA) is 208 Å². The second-order valence-corrected chi connectivity index (χ2v) is 12.4. The third kappa shape index (κ3) is 17.7. The molecular weight excluding hydrogens is 596 g/mol. The minimum Gasteiger partial charge on any atom is -0.459 e. The van der Waals surface area contributed by atoms with Crippen LogP contribution in [0.4, 0.5) is 0 Å². The van der Waals surface area contributed by atoms with Gasteiger partial charge in [0, 0.05) is 12.8 Å². The van der Waals surface area contributed by atoms with Crippen LogP contribution in [0, 0.1) is 5.92 Å². The van der Waals surface area contributed by atoms with Gasteiger partial charge in [0.15, 0.2) is 0 Å². The van der Waals surface area contributed by atoms with Crippen LogP contribution in [0.2, 0.25) is 0 Å². The standard InChI is InChI=1S/C35H58O11/c1-4-5-11-16-31(42)34-33(44)22-29(40)20-27(38)18-25(36)17-26(37)19-28(39)21-32(43)23(2)14-12-9-7-6-8-10-13-15-30(41)24(3)46-35(34)45/h6-10,12-15,24-34,36-44H,4-5,11,16-22H2,1-3H3/b7-6-,10-8+,12-9-,15-13+,23-14+/t24-,25+,26-,27+,28?,29+,30+,31+,32+,33+,34?/m0/s1. The van der Waals surface area contributed by atoms with Gasteiger partial charge in [-0.3, -0.25) is 4.79 Å². The van der Waals surface area contributed by atoms with Crippen LogP contribution in [0.15, 0.2) is 60.3 Å². The van der Waals surface area contributed by atoms with Gasteiger partial charge in [-0.2, -0.15) is 0 Å². The molecule has 0 radical (unpaired) electrons. The highest BCUT2D eigenvalue weighted by molar-refractivity contribution is 5.74. The summed E-state index contributed by atoms with van der Waals surface area (Å²) in [4.78, 5) is 13.1. The first-order valence-electron chi connectivity index (χ1n) is 16.4. The summed E-state index contributed by atoms with van der Waals surface area (Å²) in [6.07, 6.45) is 4.69. The number of allylic oxidation sites excluding steroid dienone is 8. The van der Waals surface area contributed by atoms with E-state index in [-0.39, 0.29) is 44.9 Å². The molecule has 11 heteroatoms. The van der Waals surface area contributed by atoms with Crippen LogP contribution < -0.4 is 0 Å². The van der Waals surface area contributed by atoms with Gasteiger partial charge in [0.2, 0.25) is 0 Å². The van der Waals surface area contributed by atoms with Crippen molar-refractivity contribution in [2.24, 2.45) is 5.92 Å². The van der Waals surface area contributed by atoms with E-state index in [4.69, 9.17) is 4.74 Å². The van der Waals surface area contributed by atoms with Crippen molar-refractivity contribution < 1.29 is 55.5 Å². The lowest BCUT2D eigenvalue weighted by Crippen LogP contribution is -2.43. The SMILES string of the molecule is CCCCC[C@@H](O)C1C(=O)O[C@@H](C)[C@H](O)/C=C/C=C/C=C\C=C/C=C(\C)[C@H](O)CC(O)C[C@@H](O)C[C@@H](O)C[C@@H](O)C[C@@H](O)C[C@H]1O. The van der Waals surface area contributed by atoms with E-state index in [2.05, 4.69) is 0 Å². The molecule has 1 heterocycles. The average Bonchev–Trinajstić information content (AvgIpc) is 2.94. The number of esters is 1. The van der Waals surface area contributed by atoms with Gasteiger partial charge in [-0.15, -0.1) is 0 Å². The third-order valence-corrected chi connectivity index (χ3v) is 8.03. The number of rotatable bonds is 5. The molecule has 2 unspecified atom stereocenters. The number of aliphatic hydroxyl groups excluding tert-OH is 9. The summed E-state index contributed by atoms with van der Waals surface area (Å²) in [6.45, 7) is 5.18. The molecule has 9 N–H and O–H groups in total. The minimum absolute atomic E-state index is 0.0162. The second-order valence-electron chi connectivity index (χ2n) is 12.4. The molecule has 1 aliphatic rings. The van der Waals surface area contributed by atoms with E-state index in [0.29, 0.717) is 12.0 Å². The summed E-state index contributed by atoms with van der Waals surface area (Å²) in [6, 6.07) is 0. The Bertz CT molecular complexity index is 991. The van der Waals surface area contributed by atoms with Gasteiger partial charge in [0.25, 0.3) is 0 Å². The fourth-order valence-corrected chi connectivity index (χ4v) is 5.27. The quantitative estimate of drug-likeness (QED) is 0.154. The highest BCUT2D eigenvalue weighted by Gasteiger charge is 2.37. The van der Waals surface area contributed by atoms with Crippen molar-refractivity contribution in [1.82, 2.24) is 0 Å². The normalized spacial score (nSPS) is 38.6. The smallest absolute Gasteiger partial charge is 0.314 e. The Hall–Kier alpha value is -2.19. The molecular formula is C35H58O11. The molecule has 0 aromatic heterocycles. The van der Waals surface area contributed by atoms with Crippen LogP contribution in [-0.2, 0) is 9.53 Å². The Labute approximate surface area is 273 Å². The highest BCUT2D eigenvalue weighted by Crippen LogP contribution is 2.24. The fraction of sp³-hybridized carbons (Fsp3) is 0.686. The zero-order valence-electron chi connectivity index (χ0n) is 27.5. The summed E-state index contributed by atoms with van der Waals surface area (Å²) < 4.78 is 5.42. The summed E-state index contributed by atoms with van der Waals surface area (Å²) in [5, 5.41) is 94.8. The van der Waals surface area contributed by atoms with E-state index in [1.165, 1.54) is 13.0 Å². The predicted molar refractivity (Wildman–Crippen MR) is 175 cm³/mol. The van der Waals surface area contributed by atoms with Gasteiger partial charge in [-0.25, -0.2) is 0 Å². The molecule has 11 atom stereocenters. The molecule has 46 heavy (non-hydrogen) atoms. The summed E-state index contributed by atoms with van der Waals surface area (Å²) in [5.74, 6) is -2.33. The van der Waals surface area contributed by atoms with Crippen LogP contribution in [0.25, 0.3) is 0 Å². The minimum atomic E-state index is -1.52. The first kappa shape index (κ1) is 41.8. The van der Waals surface area contributed by atoms with E-state index in [0.717, 1.165) is 12.8 Å². The van der Waals surface area contributed by atoms with E-state index >= 15 is 0 Å². The molecule has 0 aromatic carbocycles. The molecule has 0 fully saturated rings. The molecule has 1 rings (SSSR count). The third-order valence-electron chi connectivity index (χ3n) is 8.03. The van der Waals surface area contributed by atoms with Crippen molar-refractivity contribution >= 4 is 5.97 Å². The lowest BCUT2D eigenvalue weighted by molar-refractivity contribution is -0.168. The molecule has 0 saturated heterocycles. The number of ether oxygens (including phenoxy) is 1. The van der Waals surface area contributed by atoms with Crippen molar-refractivity contribution in [2.45, 2.75) is 146 Å². The van der Waals surface area contributed by atoms with Gasteiger partial charge in [-0.1, -0.05) is 80.9 Å². The van der Waals surface area contributed by atoms with E-state index in [1.807, 2.05) is 6.92 Å². The van der Waals surface area contributed by atoms with Crippen LogP contribution in [0.5, 0.6) is 0 Å². The summed E-state index contributed by atoms with van der Waals surface area (Å²) >= 11 is 0. The number of hydrogen-bond acceptors (Lipinski definition) is 11. The first-order chi connectivity index (χ1) is 21.7.